The van der Waals surface area contributed by atoms with Crippen LogP contribution in [-0.2, 0) is 6.54 Å². The van der Waals surface area contributed by atoms with Crippen molar-refractivity contribution in [2.24, 2.45) is 0 Å². The molecule has 0 aliphatic heterocycles. The average Bonchev–Trinajstić information content (AvgIpc) is 2.38. The molecular formula is C17H22N2O. The number of rotatable bonds is 4. The van der Waals surface area contributed by atoms with Gasteiger partial charge in [0.25, 0.3) is 0 Å². The highest BCUT2D eigenvalue weighted by molar-refractivity contribution is 5.39. The molecule has 1 aromatic carbocycles. The smallest absolute Gasteiger partial charge is 0.181 e. The number of nitrogens with zero attached hydrogens (tertiary/aromatic N) is 1. The van der Waals surface area contributed by atoms with Gasteiger partial charge in [-0.05, 0) is 44.5 Å². The predicted molar refractivity (Wildman–Crippen MR) is 83.2 cm³/mol. The van der Waals surface area contributed by atoms with E-state index in [4.69, 9.17) is 0 Å². The van der Waals surface area contributed by atoms with Crippen molar-refractivity contribution >= 4 is 0 Å². The van der Waals surface area contributed by atoms with Gasteiger partial charge in [-0.3, -0.25) is 4.79 Å². The van der Waals surface area contributed by atoms with Gasteiger partial charge in [0.05, 0.1) is 6.04 Å². The first-order valence-electron chi connectivity index (χ1n) is 6.92. The Morgan fingerprint density at radius 3 is 2.15 bits per heavy atom. The van der Waals surface area contributed by atoms with Crippen LogP contribution in [0.2, 0.25) is 0 Å². The molecule has 1 atom stereocenters. The van der Waals surface area contributed by atoms with E-state index in [0.717, 1.165) is 6.54 Å². The highest BCUT2D eigenvalue weighted by Gasteiger charge is 2.15. The summed E-state index contributed by atoms with van der Waals surface area (Å²) in [5.41, 5.74) is 5.30. The first kappa shape index (κ1) is 14.5. The van der Waals surface area contributed by atoms with Crippen LogP contribution in [0.4, 0.5) is 0 Å². The molecule has 0 radical (unpaired) electrons. The van der Waals surface area contributed by atoms with E-state index in [2.05, 4.69) is 38.2 Å². The number of aromatic nitrogens is 1. The van der Waals surface area contributed by atoms with E-state index in [9.17, 15) is 4.79 Å². The van der Waals surface area contributed by atoms with Gasteiger partial charge in [0.2, 0.25) is 0 Å². The molecule has 0 saturated carbocycles. The van der Waals surface area contributed by atoms with Gasteiger partial charge in [0.1, 0.15) is 0 Å². The normalized spacial score (nSPS) is 12.4. The first-order valence-corrected chi connectivity index (χ1v) is 6.92. The molecule has 0 aliphatic carbocycles. The van der Waals surface area contributed by atoms with E-state index in [-0.39, 0.29) is 11.5 Å². The van der Waals surface area contributed by atoms with Crippen LogP contribution >= 0.6 is 0 Å². The van der Waals surface area contributed by atoms with Crippen molar-refractivity contribution in [3.05, 3.63) is 69.1 Å². The second kappa shape index (κ2) is 6.06. The number of benzene rings is 1. The molecule has 0 fully saturated rings. The summed E-state index contributed by atoms with van der Waals surface area (Å²) in [7, 11) is 1.98. The van der Waals surface area contributed by atoms with Gasteiger partial charge < -0.3 is 9.88 Å². The number of hydrogen-bond acceptors (Lipinski definition) is 2. The van der Waals surface area contributed by atoms with Gasteiger partial charge in [-0.25, -0.2) is 0 Å². The summed E-state index contributed by atoms with van der Waals surface area (Å²) in [6, 6.07) is 7.87. The van der Waals surface area contributed by atoms with Crippen LogP contribution in [0.1, 0.15) is 28.3 Å². The SMILES string of the molecule is CNC(Cn1ccc(=O)cc1)c1c(C)cc(C)cc1C. The third-order valence-corrected chi connectivity index (χ3v) is 3.69. The molecule has 3 nitrogen and oxygen atoms in total. The molecule has 0 saturated heterocycles. The predicted octanol–water partition coefficient (Wildman–Crippen LogP) is 2.73. The Morgan fingerprint density at radius 1 is 1.10 bits per heavy atom. The Hall–Kier alpha value is -1.87. The third-order valence-electron chi connectivity index (χ3n) is 3.69. The maximum atomic E-state index is 11.2. The Balaban J connectivity index is 2.33. The van der Waals surface area contributed by atoms with E-state index < -0.39 is 0 Å². The highest BCUT2D eigenvalue weighted by Crippen LogP contribution is 2.24. The standard InChI is InChI=1S/C17H22N2O/c1-12-9-13(2)17(14(3)10-12)16(18-4)11-19-7-5-15(20)6-8-19/h5-10,16,18H,11H2,1-4H3. The summed E-state index contributed by atoms with van der Waals surface area (Å²) in [4.78, 5) is 11.2. The minimum Gasteiger partial charge on any atom is -0.352 e. The summed E-state index contributed by atoms with van der Waals surface area (Å²) in [6.45, 7) is 7.25. The van der Waals surface area contributed by atoms with Gasteiger partial charge >= 0.3 is 0 Å². The van der Waals surface area contributed by atoms with Gasteiger partial charge in [-0.15, -0.1) is 0 Å². The van der Waals surface area contributed by atoms with Gasteiger partial charge in [-0.1, -0.05) is 17.7 Å². The number of pyridine rings is 1. The Morgan fingerprint density at radius 2 is 1.65 bits per heavy atom. The fourth-order valence-electron chi connectivity index (χ4n) is 2.84. The molecule has 0 amide bonds. The fourth-order valence-corrected chi connectivity index (χ4v) is 2.84. The number of nitrogens with one attached hydrogen (secondary N) is 1. The zero-order valence-corrected chi connectivity index (χ0v) is 12.6. The average molecular weight is 270 g/mol. The van der Waals surface area contributed by atoms with Crippen molar-refractivity contribution in [1.82, 2.24) is 9.88 Å². The van der Waals surface area contributed by atoms with Crippen LogP contribution in [0.15, 0.2) is 41.5 Å². The summed E-state index contributed by atoms with van der Waals surface area (Å²) >= 11 is 0. The van der Waals surface area contributed by atoms with Crippen LogP contribution in [0.5, 0.6) is 0 Å². The molecule has 2 rings (SSSR count). The van der Waals surface area contributed by atoms with E-state index in [1.54, 1.807) is 12.1 Å². The number of hydrogen-bond donors (Lipinski definition) is 1. The second-order valence-corrected chi connectivity index (χ2v) is 5.38. The Labute approximate surface area is 120 Å². The summed E-state index contributed by atoms with van der Waals surface area (Å²) in [5.74, 6) is 0. The van der Waals surface area contributed by atoms with E-state index in [1.165, 1.54) is 22.3 Å². The molecule has 1 N–H and O–H groups in total. The van der Waals surface area contributed by atoms with E-state index >= 15 is 0 Å². The molecule has 1 aromatic heterocycles. The molecule has 1 heterocycles. The lowest BCUT2D eigenvalue weighted by atomic mass is 9.94. The summed E-state index contributed by atoms with van der Waals surface area (Å²) in [5, 5.41) is 3.38. The third kappa shape index (κ3) is 3.17. The quantitative estimate of drug-likeness (QED) is 0.927. The first-order chi connectivity index (χ1) is 9.51. The minimum absolute atomic E-state index is 0.0463. The topological polar surface area (TPSA) is 34.0 Å². The highest BCUT2D eigenvalue weighted by atomic mass is 16.1. The lowest BCUT2D eigenvalue weighted by molar-refractivity contribution is 0.494. The monoisotopic (exact) mass is 270 g/mol. The second-order valence-electron chi connectivity index (χ2n) is 5.38. The number of aryl methyl sites for hydroxylation is 3. The lowest BCUT2D eigenvalue weighted by Gasteiger charge is -2.23. The molecule has 0 aliphatic rings. The van der Waals surface area contributed by atoms with E-state index in [1.807, 2.05) is 24.0 Å². The van der Waals surface area contributed by atoms with Gasteiger partial charge in [-0.2, -0.15) is 0 Å². The summed E-state index contributed by atoms with van der Waals surface area (Å²) in [6.07, 6.45) is 3.68. The fraction of sp³-hybridized carbons (Fsp3) is 0.353. The molecule has 1 unspecified atom stereocenters. The van der Waals surface area contributed by atoms with Crippen molar-refractivity contribution in [3.8, 4) is 0 Å². The van der Waals surface area contributed by atoms with Crippen molar-refractivity contribution in [3.63, 3.8) is 0 Å². The molecule has 0 bridgehead atoms. The lowest BCUT2D eigenvalue weighted by Crippen LogP contribution is -2.24. The zero-order valence-electron chi connectivity index (χ0n) is 12.6. The molecule has 0 spiro atoms. The van der Waals surface area contributed by atoms with Gasteiger partial charge in [0, 0.05) is 31.1 Å². The van der Waals surface area contributed by atoms with Gasteiger partial charge in [0.15, 0.2) is 5.43 Å². The summed E-state index contributed by atoms with van der Waals surface area (Å²) < 4.78 is 2.04. The Bertz CT molecular complexity index is 615. The molecule has 106 valence electrons. The van der Waals surface area contributed by atoms with Crippen molar-refractivity contribution < 1.29 is 0 Å². The zero-order chi connectivity index (χ0) is 14.7. The molecular weight excluding hydrogens is 248 g/mol. The van der Waals surface area contributed by atoms with Crippen LogP contribution < -0.4 is 10.7 Å². The minimum atomic E-state index is 0.0463. The van der Waals surface area contributed by atoms with Crippen LogP contribution in [0, 0.1) is 20.8 Å². The number of likely N-dealkylation sites (N-methyl/N-ethyl adjacent to an activating group) is 1. The van der Waals surface area contributed by atoms with E-state index in [0.29, 0.717) is 0 Å². The van der Waals surface area contributed by atoms with Crippen LogP contribution in [-0.4, -0.2) is 11.6 Å². The molecule has 3 heteroatoms. The van der Waals surface area contributed by atoms with Crippen molar-refractivity contribution in [2.45, 2.75) is 33.4 Å². The maximum absolute atomic E-state index is 11.2. The van der Waals surface area contributed by atoms with Crippen molar-refractivity contribution in [1.29, 1.82) is 0 Å². The largest absolute Gasteiger partial charge is 0.352 e. The molecule has 20 heavy (non-hydrogen) atoms. The van der Waals surface area contributed by atoms with Crippen LogP contribution in [0.25, 0.3) is 0 Å². The Kier molecular flexibility index (Phi) is 4.40. The molecule has 2 aromatic rings. The maximum Gasteiger partial charge on any atom is 0.181 e. The van der Waals surface area contributed by atoms with Crippen molar-refractivity contribution in [2.75, 3.05) is 7.05 Å². The van der Waals surface area contributed by atoms with Crippen LogP contribution in [0.3, 0.4) is 0 Å².